The van der Waals surface area contributed by atoms with Gasteiger partial charge in [-0.1, -0.05) is 67.4 Å². The number of hydrogen-bond donors (Lipinski definition) is 2. The van der Waals surface area contributed by atoms with Crippen LogP contribution in [0.2, 0.25) is 10.0 Å². The number of benzene rings is 2. The first kappa shape index (κ1) is 26.4. The summed E-state index contributed by atoms with van der Waals surface area (Å²) in [5.41, 5.74) is 10.9. The van der Waals surface area contributed by atoms with Crippen LogP contribution in [-0.4, -0.2) is 33.3 Å². The first-order valence-corrected chi connectivity index (χ1v) is 13.5. The molecule has 1 aliphatic carbocycles. The number of pyridine rings is 1. The molecular weight excluding hydrogens is 517 g/mol. The van der Waals surface area contributed by atoms with Crippen molar-refractivity contribution in [3.8, 4) is 16.9 Å². The second kappa shape index (κ2) is 10.9. The van der Waals surface area contributed by atoms with Crippen molar-refractivity contribution in [2.45, 2.75) is 38.6 Å². The summed E-state index contributed by atoms with van der Waals surface area (Å²) in [4.78, 5) is 17.0. The molecule has 196 valence electrons. The number of aromatic nitrogens is 3. The lowest BCUT2D eigenvalue weighted by molar-refractivity contribution is -0.123. The molecule has 1 saturated carbocycles. The van der Waals surface area contributed by atoms with Gasteiger partial charge in [0.2, 0.25) is 5.91 Å². The molecule has 3 atom stereocenters. The van der Waals surface area contributed by atoms with E-state index in [1.54, 1.807) is 12.3 Å². The Hall–Kier alpha value is -3.19. The number of carbonyl (C=O) groups is 1. The summed E-state index contributed by atoms with van der Waals surface area (Å²) >= 11 is 12.5. The predicted molar refractivity (Wildman–Crippen MR) is 153 cm³/mol. The van der Waals surface area contributed by atoms with Gasteiger partial charge in [-0.3, -0.25) is 9.78 Å². The second-order valence-electron chi connectivity index (χ2n) is 10.6. The van der Waals surface area contributed by atoms with Crippen molar-refractivity contribution >= 4 is 29.1 Å². The van der Waals surface area contributed by atoms with E-state index >= 15 is 0 Å². The van der Waals surface area contributed by atoms with E-state index in [0.717, 1.165) is 34.6 Å². The summed E-state index contributed by atoms with van der Waals surface area (Å²) < 4.78 is 1.96. The van der Waals surface area contributed by atoms with Crippen molar-refractivity contribution in [3.63, 3.8) is 0 Å². The Bertz CT molecular complexity index is 1420. The third-order valence-corrected chi connectivity index (χ3v) is 8.57. The topological polar surface area (TPSA) is 85.8 Å². The molecule has 2 aromatic heterocycles. The van der Waals surface area contributed by atoms with Crippen LogP contribution in [-0.2, 0) is 11.2 Å². The summed E-state index contributed by atoms with van der Waals surface area (Å²) in [6.45, 7) is 5.08. The molecule has 6 nitrogen and oxygen atoms in total. The van der Waals surface area contributed by atoms with E-state index in [4.69, 9.17) is 34.0 Å². The van der Waals surface area contributed by atoms with E-state index in [1.165, 1.54) is 0 Å². The van der Waals surface area contributed by atoms with Gasteiger partial charge in [0.25, 0.3) is 0 Å². The highest BCUT2D eigenvalue weighted by molar-refractivity contribution is 6.42. The van der Waals surface area contributed by atoms with Crippen LogP contribution < -0.4 is 11.1 Å². The smallest absolute Gasteiger partial charge is 0.237 e. The minimum absolute atomic E-state index is 0.0724. The lowest BCUT2D eigenvalue weighted by Gasteiger charge is -2.52. The minimum Gasteiger partial charge on any atom is -0.354 e. The van der Waals surface area contributed by atoms with Gasteiger partial charge in [-0.2, -0.15) is 5.10 Å². The SMILES string of the molecule is CC1(C)[C@@H](CNC(=O)C(N)Cc2ccccc2)C[C@H]1c1cc(-c2cccnc2)nn1-c1ccc(Cl)c(Cl)c1. The lowest BCUT2D eigenvalue weighted by Crippen LogP contribution is -2.51. The van der Waals surface area contributed by atoms with Crippen molar-refractivity contribution in [1.82, 2.24) is 20.1 Å². The molecule has 2 aromatic carbocycles. The zero-order chi connectivity index (χ0) is 26.9. The minimum atomic E-state index is -0.575. The van der Waals surface area contributed by atoms with Gasteiger partial charge in [0, 0.05) is 36.1 Å². The highest BCUT2D eigenvalue weighted by Gasteiger charge is 2.50. The van der Waals surface area contributed by atoms with Crippen molar-refractivity contribution in [3.05, 3.63) is 100 Å². The molecule has 2 heterocycles. The monoisotopic (exact) mass is 547 g/mol. The van der Waals surface area contributed by atoms with Crippen LogP contribution in [0.15, 0.2) is 79.1 Å². The summed E-state index contributed by atoms with van der Waals surface area (Å²) in [5, 5.41) is 9.02. The van der Waals surface area contributed by atoms with Gasteiger partial charge in [-0.15, -0.1) is 0 Å². The second-order valence-corrected chi connectivity index (χ2v) is 11.4. The Kier molecular flexibility index (Phi) is 7.57. The molecule has 0 bridgehead atoms. The van der Waals surface area contributed by atoms with Gasteiger partial charge in [0.15, 0.2) is 0 Å². The number of rotatable bonds is 8. The van der Waals surface area contributed by atoms with E-state index in [-0.39, 0.29) is 17.2 Å². The molecule has 4 aromatic rings. The fourth-order valence-corrected chi connectivity index (χ4v) is 5.59. The average molecular weight is 549 g/mol. The summed E-state index contributed by atoms with van der Waals surface area (Å²) in [5.74, 6) is 0.418. The Balaban J connectivity index is 1.33. The number of nitrogens with two attached hydrogens (primary N) is 1. The summed E-state index contributed by atoms with van der Waals surface area (Å²) in [6.07, 6.45) is 5.00. The van der Waals surface area contributed by atoms with Crippen molar-refractivity contribution in [2.75, 3.05) is 6.54 Å². The van der Waals surface area contributed by atoms with E-state index < -0.39 is 6.04 Å². The van der Waals surface area contributed by atoms with Gasteiger partial charge >= 0.3 is 0 Å². The summed E-state index contributed by atoms with van der Waals surface area (Å²) in [7, 11) is 0. The van der Waals surface area contributed by atoms with Crippen LogP contribution in [0.5, 0.6) is 0 Å². The average Bonchev–Trinajstić information content (AvgIpc) is 3.35. The van der Waals surface area contributed by atoms with Crippen LogP contribution >= 0.6 is 23.2 Å². The molecule has 1 unspecified atom stereocenters. The molecule has 3 N–H and O–H groups in total. The van der Waals surface area contributed by atoms with E-state index in [0.29, 0.717) is 28.9 Å². The molecule has 38 heavy (non-hydrogen) atoms. The van der Waals surface area contributed by atoms with Crippen LogP contribution in [0, 0.1) is 11.3 Å². The number of amides is 1. The molecule has 0 saturated heterocycles. The van der Waals surface area contributed by atoms with Gasteiger partial charge in [0.1, 0.15) is 0 Å². The largest absolute Gasteiger partial charge is 0.354 e. The van der Waals surface area contributed by atoms with Gasteiger partial charge < -0.3 is 11.1 Å². The standard InChI is InChI=1S/C30H31Cl2N5O/c1-30(2)21(18-35-29(38)26(33)13-19-7-4-3-5-8-19)14-23(30)28-16-27(20-9-6-12-34-17-20)36-37(28)22-10-11-24(31)25(32)15-22/h3-12,15-17,21,23,26H,13-14,18,33H2,1-2H3,(H,35,38)/t21-,23+,26?/m1/s1. The number of nitrogens with one attached hydrogen (secondary N) is 1. The van der Waals surface area contributed by atoms with E-state index in [1.807, 2.05) is 65.5 Å². The zero-order valence-electron chi connectivity index (χ0n) is 21.4. The number of nitrogens with zero attached hydrogens (tertiary/aromatic N) is 3. The van der Waals surface area contributed by atoms with Crippen LogP contribution in [0.1, 0.15) is 37.4 Å². The van der Waals surface area contributed by atoms with E-state index in [9.17, 15) is 4.79 Å². The molecule has 1 aliphatic rings. The van der Waals surface area contributed by atoms with Crippen LogP contribution in [0.25, 0.3) is 16.9 Å². The molecule has 1 amide bonds. The molecule has 0 aliphatic heterocycles. The first-order valence-electron chi connectivity index (χ1n) is 12.8. The highest BCUT2D eigenvalue weighted by atomic mass is 35.5. The molecule has 0 radical (unpaired) electrons. The zero-order valence-corrected chi connectivity index (χ0v) is 23.0. The third kappa shape index (κ3) is 5.35. The van der Waals surface area contributed by atoms with Gasteiger partial charge in [-0.05, 0) is 66.1 Å². The van der Waals surface area contributed by atoms with Crippen molar-refractivity contribution < 1.29 is 4.79 Å². The van der Waals surface area contributed by atoms with Gasteiger partial charge in [0.05, 0.1) is 27.5 Å². The van der Waals surface area contributed by atoms with Crippen LogP contribution in [0.3, 0.4) is 0 Å². The van der Waals surface area contributed by atoms with E-state index in [2.05, 4.69) is 30.2 Å². The quantitative estimate of drug-likeness (QED) is 0.281. The first-order chi connectivity index (χ1) is 18.2. The Morgan fingerprint density at radius 1 is 1.11 bits per heavy atom. The third-order valence-electron chi connectivity index (χ3n) is 7.83. The molecule has 1 fully saturated rings. The summed E-state index contributed by atoms with van der Waals surface area (Å²) in [6, 6.07) is 20.9. The predicted octanol–water partition coefficient (Wildman–Crippen LogP) is 6.06. The lowest BCUT2D eigenvalue weighted by atomic mass is 9.53. The molecular formula is C30H31Cl2N5O. The van der Waals surface area contributed by atoms with Gasteiger partial charge in [-0.25, -0.2) is 4.68 Å². The van der Waals surface area contributed by atoms with Crippen LogP contribution in [0.4, 0.5) is 0 Å². The highest BCUT2D eigenvalue weighted by Crippen LogP contribution is 2.57. The van der Waals surface area contributed by atoms with Crippen molar-refractivity contribution in [1.29, 1.82) is 0 Å². The Morgan fingerprint density at radius 3 is 2.58 bits per heavy atom. The fourth-order valence-electron chi connectivity index (χ4n) is 5.30. The maximum absolute atomic E-state index is 12.7. The molecule has 8 heteroatoms. The maximum atomic E-state index is 12.7. The number of hydrogen-bond acceptors (Lipinski definition) is 4. The normalized spacial score (nSPS) is 19.0. The Labute approximate surface area is 233 Å². The van der Waals surface area contributed by atoms with Crippen molar-refractivity contribution in [2.24, 2.45) is 17.1 Å². The number of carbonyl (C=O) groups excluding carboxylic acids is 1. The molecule has 0 spiro atoms. The maximum Gasteiger partial charge on any atom is 0.237 e. The Morgan fingerprint density at radius 2 is 1.89 bits per heavy atom. The fraction of sp³-hybridized carbons (Fsp3) is 0.300. The molecule has 5 rings (SSSR count). The number of halogens is 2.